The molecule has 1 aromatic carbocycles. The van der Waals surface area contributed by atoms with E-state index in [2.05, 4.69) is 29.5 Å². The lowest BCUT2D eigenvalue weighted by atomic mass is 10.0. The largest absolute Gasteiger partial charge is 0.340 e. The molecular weight excluding hydrogens is 246 g/mol. The maximum absolute atomic E-state index is 6.02. The zero-order valence-electron chi connectivity index (χ0n) is 10.7. The number of halogens is 1. The molecule has 18 heavy (non-hydrogen) atoms. The standard InChI is InChI=1S/C14H18ClN3/c1-3-16-13(14-9-18(2)10-17-14)8-11-5-4-6-12(15)7-11/h4-7,9-10,13,16H,3,8H2,1-2H3. The first kappa shape index (κ1) is 13.1. The predicted octanol–water partition coefficient (Wildman–Crippen LogP) is 2.97. The summed E-state index contributed by atoms with van der Waals surface area (Å²) in [6, 6.07) is 8.22. The average Bonchev–Trinajstić information content (AvgIpc) is 2.75. The maximum Gasteiger partial charge on any atom is 0.0947 e. The van der Waals surface area contributed by atoms with Crippen molar-refractivity contribution in [2.75, 3.05) is 6.54 Å². The Labute approximate surface area is 113 Å². The number of benzene rings is 1. The Kier molecular flexibility index (Phi) is 4.39. The number of hydrogen-bond acceptors (Lipinski definition) is 2. The molecule has 0 amide bonds. The normalized spacial score (nSPS) is 12.6. The van der Waals surface area contributed by atoms with Gasteiger partial charge in [-0.15, -0.1) is 0 Å². The molecule has 0 bridgehead atoms. The van der Waals surface area contributed by atoms with E-state index in [0.29, 0.717) is 0 Å². The van der Waals surface area contributed by atoms with Crippen molar-refractivity contribution < 1.29 is 0 Å². The topological polar surface area (TPSA) is 29.9 Å². The second-order valence-electron chi connectivity index (χ2n) is 4.41. The Morgan fingerprint density at radius 2 is 2.28 bits per heavy atom. The van der Waals surface area contributed by atoms with Gasteiger partial charge in [0.1, 0.15) is 0 Å². The highest BCUT2D eigenvalue weighted by Crippen LogP contribution is 2.19. The van der Waals surface area contributed by atoms with E-state index < -0.39 is 0 Å². The molecule has 3 nitrogen and oxygen atoms in total. The zero-order valence-corrected chi connectivity index (χ0v) is 11.5. The van der Waals surface area contributed by atoms with Crippen LogP contribution in [0.1, 0.15) is 24.2 Å². The lowest BCUT2D eigenvalue weighted by Crippen LogP contribution is -2.23. The minimum absolute atomic E-state index is 0.231. The third-order valence-electron chi connectivity index (χ3n) is 2.86. The monoisotopic (exact) mass is 263 g/mol. The molecule has 0 fully saturated rings. The lowest BCUT2D eigenvalue weighted by Gasteiger charge is -2.15. The van der Waals surface area contributed by atoms with E-state index in [1.165, 1.54) is 5.56 Å². The van der Waals surface area contributed by atoms with E-state index in [9.17, 15) is 0 Å². The second-order valence-corrected chi connectivity index (χ2v) is 4.84. The van der Waals surface area contributed by atoms with Gasteiger partial charge in [-0.25, -0.2) is 4.98 Å². The number of nitrogens with one attached hydrogen (secondary N) is 1. The first-order chi connectivity index (χ1) is 8.69. The van der Waals surface area contributed by atoms with E-state index in [1.807, 2.05) is 36.1 Å². The molecule has 0 radical (unpaired) electrons. The Hall–Kier alpha value is -1.32. The van der Waals surface area contributed by atoms with Crippen molar-refractivity contribution in [2.45, 2.75) is 19.4 Å². The Morgan fingerprint density at radius 1 is 1.44 bits per heavy atom. The molecule has 0 aliphatic heterocycles. The van der Waals surface area contributed by atoms with Crippen LogP contribution < -0.4 is 5.32 Å². The highest BCUT2D eigenvalue weighted by molar-refractivity contribution is 6.30. The second kappa shape index (κ2) is 6.03. The number of likely N-dealkylation sites (N-methyl/N-ethyl adjacent to an activating group) is 1. The Balaban J connectivity index is 2.16. The summed E-state index contributed by atoms with van der Waals surface area (Å²) in [5.74, 6) is 0. The van der Waals surface area contributed by atoms with Gasteiger partial charge in [0.05, 0.1) is 18.1 Å². The summed E-state index contributed by atoms with van der Waals surface area (Å²) in [5, 5.41) is 4.24. The van der Waals surface area contributed by atoms with Crippen LogP contribution in [0, 0.1) is 0 Å². The number of imidazole rings is 1. The molecule has 1 atom stereocenters. The summed E-state index contributed by atoms with van der Waals surface area (Å²) >= 11 is 6.02. The van der Waals surface area contributed by atoms with E-state index in [1.54, 1.807) is 0 Å². The fraction of sp³-hybridized carbons (Fsp3) is 0.357. The number of rotatable bonds is 5. The number of aromatic nitrogens is 2. The van der Waals surface area contributed by atoms with Crippen molar-refractivity contribution in [3.8, 4) is 0 Å². The van der Waals surface area contributed by atoms with E-state index >= 15 is 0 Å². The molecule has 0 aliphatic carbocycles. The van der Waals surface area contributed by atoms with Crippen molar-refractivity contribution in [3.63, 3.8) is 0 Å². The predicted molar refractivity (Wildman–Crippen MR) is 74.8 cm³/mol. The van der Waals surface area contributed by atoms with Crippen LogP contribution in [-0.2, 0) is 13.5 Å². The maximum atomic E-state index is 6.02. The summed E-state index contributed by atoms with van der Waals surface area (Å²) < 4.78 is 1.97. The average molecular weight is 264 g/mol. The highest BCUT2D eigenvalue weighted by Gasteiger charge is 2.13. The van der Waals surface area contributed by atoms with Crippen molar-refractivity contribution in [3.05, 3.63) is 53.1 Å². The van der Waals surface area contributed by atoms with Crippen LogP contribution in [0.2, 0.25) is 5.02 Å². The minimum atomic E-state index is 0.231. The van der Waals surface area contributed by atoms with Gasteiger partial charge in [-0.05, 0) is 30.7 Å². The van der Waals surface area contributed by atoms with Crippen LogP contribution in [0.15, 0.2) is 36.8 Å². The molecule has 1 unspecified atom stereocenters. The number of aryl methyl sites for hydroxylation is 1. The fourth-order valence-corrected chi connectivity index (χ4v) is 2.25. The summed E-state index contributed by atoms with van der Waals surface area (Å²) in [5.41, 5.74) is 2.29. The van der Waals surface area contributed by atoms with Crippen LogP contribution in [0.3, 0.4) is 0 Å². The summed E-state index contributed by atoms with van der Waals surface area (Å²) in [7, 11) is 1.99. The van der Waals surface area contributed by atoms with Gasteiger partial charge in [0, 0.05) is 18.3 Å². The molecule has 1 aromatic heterocycles. The SMILES string of the molecule is CCNC(Cc1cccc(Cl)c1)c1cn(C)cn1. The quantitative estimate of drug-likeness (QED) is 0.899. The molecule has 0 aliphatic rings. The molecule has 0 saturated heterocycles. The first-order valence-electron chi connectivity index (χ1n) is 6.14. The number of hydrogen-bond donors (Lipinski definition) is 1. The third-order valence-corrected chi connectivity index (χ3v) is 3.10. The third kappa shape index (κ3) is 3.34. The molecule has 96 valence electrons. The highest BCUT2D eigenvalue weighted by atomic mass is 35.5. The van der Waals surface area contributed by atoms with Crippen LogP contribution in [-0.4, -0.2) is 16.1 Å². The van der Waals surface area contributed by atoms with E-state index in [0.717, 1.165) is 23.7 Å². The summed E-state index contributed by atoms with van der Waals surface area (Å²) in [4.78, 5) is 4.42. The Bertz CT molecular complexity index is 507. The number of nitrogens with zero attached hydrogens (tertiary/aromatic N) is 2. The van der Waals surface area contributed by atoms with E-state index in [-0.39, 0.29) is 6.04 Å². The molecule has 4 heteroatoms. The van der Waals surface area contributed by atoms with Gasteiger partial charge in [0.2, 0.25) is 0 Å². The van der Waals surface area contributed by atoms with Gasteiger partial charge in [-0.3, -0.25) is 0 Å². The van der Waals surface area contributed by atoms with Crippen LogP contribution >= 0.6 is 11.6 Å². The van der Waals surface area contributed by atoms with Crippen LogP contribution in [0.25, 0.3) is 0 Å². The molecule has 2 aromatic rings. The van der Waals surface area contributed by atoms with Crippen molar-refractivity contribution in [2.24, 2.45) is 7.05 Å². The smallest absolute Gasteiger partial charge is 0.0947 e. The van der Waals surface area contributed by atoms with Crippen LogP contribution in [0.4, 0.5) is 0 Å². The van der Waals surface area contributed by atoms with Crippen molar-refractivity contribution in [1.29, 1.82) is 0 Å². The molecule has 0 spiro atoms. The van der Waals surface area contributed by atoms with Crippen molar-refractivity contribution in [1.82, 2.24) is 14.9 Å². The lowest BCUT2D eigenvalue weighted by molar-refractivity contribution is 0.538. The summed E-state index contributed by atoms with van der Waals surface area (Å²) in [6.45, 7) is 3.02. The minimum Gasteiger partial charge on any atom is -0.340 e. The van der Waals surface area contributed by atoms with Gasteiger partial charge in [-0.2, -0.15) is 0 Å². The molecule has 0 saturated carbocycles. The van der Waals surface area contributed by atoms with Gasteiger partial charge in [0.15, 0.2) is 0 Å². The molecule has 1 N–H and O–H groups in total. The van der Waals surface area contributed by atoms with Crippen LogP contribution in [0.5, 0.6) is 0 Å². The molecule has 2 rings (SSSR count). The molecule has 1 heterocycles. The Morgan fingerprint density at radius 3 is 2.89 bits per heavy atom. The summed E-state index contributed by atoms with van der Waals surface area (Å²) in [6.07, 6.45) is 4.78. The van der Waals surface area contributed by atoms with Gasteiger partial charge < -0.3 is 9.88 Å². The van der Waals surface area contributed by atoms with Gasteiger partial charge in [-0.1, -0.05) is 30.7 Å². The zero-order chi connectivity index (χ0) is 13.0. The van der Waals surface area contributed by atoms with Gasteiger partial charge >= 0.3 is 0 Å². The van der Waals surface area contributed by atoms with Gasteiger partial charge in [0.25, 0.3) is 0 Å². The first-order valence-corrected chi connectivity index (χ1v) is 6.52. The molecular formula is C14H18ClN3. The van der Waals surface area contributed by atoms with E-state index in [4.69, 9.17) is 11.6 Å². The fourth-order valence-electron chi connectivity index (χ4n) is 2.04. The van der Waals surface area contributed by atoms with Crippen molar-refractivity contribution >= 4 is 11.6 Å².